The fourth-order valence-electron chi connectivity index (χ4n) is 3.22. The summed E-state index contributed by atoms with van der Waals surface area (Å²) in [5.74, 6) is 0.872. The molecule has 2 N–H and O–H groups in total. The van der Waals surface area contributed by atoms with Crippen molar-refractivity contribution in [2.75, 3.05) is 26.2 Å². The molecule has 1 aliphatic heterocycles. The third kappa shape index (κ3) is 4.45. The summed E-state index contributed by atoms with van der Waals surface area (Å²) in [6.07, 6.45) is 3.58. The normalized spacial score (nSPS) is 27.2. The van der Waals surface area contributed by atoms with Crippen LogP contribution in [0.15, 0.2) is 0 Å². The van der Waals surface area contributed by atoms with E-state index in [-0.39, 0.29) is 0 Å². The maximum Gasteiger partial charge on any atom is 0.323 e. The molecule has 0 bridgehead atoms. The third-order valence-electron chi connectivity index (χ3n) is 5.02. The summed E-state index contributed by atoms with van der Waals surface area (Å²) in [6.45, 7) is 12.6. The van der Waals surface area contributed by atoms with E-state index >= 15 is 0 Å². The van der Waals surface area contributed by atoms with Crippen molar-refractivity contribution in [3.05, 3.63) is 0 Å². The van der Waals surface area contributed by atoms with Crippen LogP contribution in [0.4, 0.5) is 0 Å². The van der Waals surface area contributed by atoms with Crippen molar-refractivity contribution in [1.29, 1.82) is 0 Å². The van der Waals surface area contributed by atoms with Gasteiger partial charge in [0.1, 0.15) is 5.54 Å². The monoisotopic (exact) mass is 284 g/mol. The van der Waals surface area contributed by atoms with Gasteiger partial charge in [0.05, 0.1) is 0 Å². The highest BCUT2D eigenvalue weighted by atomic mass is 16.4. The topological polar surface area (TPSA) is 52.6 Å². The Kier molecular flexibility index (Phi) is 6.96. The molecule has 1 fully saturated rings. The van der Waals surface area contributed by atoms with Crippen LogP contribution in [0.1, 0.15) is 53.4 Å². The molecule has 3 atom stereocenters. The van der Waals surface area contributed by atoms with E-state index in [0.29, 0.717) is 19.4 Å². The fraction of sp³-hybridized carbons (Fsp3) is 0.938. The highest BCUT2D eigenvalue weighted by Gasteiger charge is 2.35. The molecule has 0 aliphatic carbocycles. The lowest BCUT2D eigenvalue weighted by Gasteiger charge is -2.36. The van der Waals surface area contributed by atoms with Gasteiger partial charge in [-0.05, 0) is 57.2 Å². The van der Waals surface area contributed by atoms with Crippen LogP contribution < -0.4 is 5.32 Å². The van der Waals surface area contributed by atoms with Crippen molar-refractivity contribution >= 4 is 5.97 Å². The number of nitrogens with zero attached hydrogens (tertiary/aromatic N) is 1. The zero-order valence-electron chi connectivity index (χ0n) is 13.6. The molecule has 0 spiro atoms. The Balaban J connectivity index is 2.43. The van der Waals surface area contributed by atoms with Gasteiger partial charge in [0.2, 0.25) is 0 Å². The highest BCUT2D eigenvalue weighted by molar-refractivity contribution is 5.78. The Morgan fingerprint density at radius 1 is 1.35 bits per heavy atom. The predicted molar refractivity (Wildman–Crippen MR) is 83.0 cm³/mol. The zero-order chi connectivity index (χ0) is 15.2. The minimum Gasteiger partial charge on any atom is -0.480 e. The van der Waals surface area contributed by atoms with Crippen molar-refractivity contribution in [2.45, 2.75) is 58.9 Å². The van der Waals surface area contributed by atoms with Crippen LogP contribution in [0.5, 0.6) is 0 Å². The quantitative estimate of drug-likeness (QED) is 0.719. The lowest BCUT2D eigenvalue weighted by atomic mass is 9.87. The first-order valence-electron chi connectivity index (χ1n) is 8.16. The first-order chi connectivity index (χ1) is 9.45. The molecular weight excluding hydrogens is 252 g/mol. The molecule has 1 heterocycles. The van der Waals surface area contributed by atoms with E-state index in [1.807, 2.05) is 13.8 Å². The summed E-state index contributed by atoms with van der Waals surface area (Å²) >= 11 is 0. The average Bonchev–Trinajstić information content (AvgIpc) is 2.41. The zero-order valence-corrected chi connectivity index (χ0v) is 13.6. The smallest absolute Gasteiger partial charge is 0.323 e. The number of rotatable bonds is 8. The summed E-state index contributed by atoms with van der Waals surface area (Å²) in [5.41, 5.74) is -0.733. The van der Waals surface area contributed by atoms with E-state index < -0.39 is 11.5 Å². The Morgan fingerprint density at radius 3 is 2.55 bits per heavy atom. The summed E-state index contributed by atoms with van der Waals surface area (Å²) in [4.78, 5) is 14.0. The maximum absolute atomic E-state index is 11.5. The molecule has 0 aromatic heterocycles. The molecule has 0 amide bonds. The summed E-state index contributed by atoms with van der Waals surface area (Å²) in [6, 6.07) is 0. The molecule has 0 radical (unpaired) electrons. The second-order valence-electron chi connectivity index (χ2n) is 6.42. The van der Waals surface area contributed by atoms with E-state index in [0.717, 1.165) is 31.3 Å². The minimum absolute atomic E-state index is 0.642. The summed E-state index contributed by atoms with van der Waals surface area (Å²) in [5, 5.41) is 12.7. The van der Waals surface area contributed by atoms with E-state index in [2.05, 4.69) is 24.1 Å². The molecule has 4 heteroatoms. The van der Waals surface area contributed by atoms with Gasteiger partial charge in [-0.2, -0.15) is 0 Å². The minimum atomic E-state index is -0.733. The van der Waals surface area contributed by atoms with Crippen LogP contribution in [0.3, 0.4) is 0 Å². The van der Waals surface area contributed by atoms with Crippen molar-refractivity contribution < 1.29 is 9.90 Å². The number of hydrogen-bond acceptors (Lipinski definition) is 3. The summed E-state index contributed by atoms with van der Waals surface area (Å²) in [7, 11) is 0. The van der Waals surface area contributed by atoms with Gasteiger partial charge in [0, 0.05) is 6.54 Å². The first kappa shape index (κ1) is 17.4. The molecule has 0 aromatic rings. The maximum atomic E-state index is 11.5. The molecule has 1 rings (SSSR count). The number of likely N-dealkylation sites (N-methyl/N-ethyl adjacent to an activating group) is 1. The summed E-state index contributed by atoms with van der Waals surface area (Å²) < 4.78 is 0. The van der Waals surface area contributed by atoms with Crippen molar-refractivity contribution in [1.82, 2.24) is 10.2 Å². The van der Waals surface area contributed by atoms with Gasteiger partial charge in [-0.15, -0.1) is 0 Å². The van der Waals surface area contributed by atoms with E-state index in [1.165, 1.54) is 13.0 Å². The first-order valence-corrected chi connectivity index (χ1v) is 8.16. The fourth-order valence-corrected chi connectivity index (χ4v) is 3.22. The van der Waals surface area contributed by atoms with Gasteiger partial charge in [-0.3, -0.25) is 4.79 Å². The van der Waals surface area contributed by atoms with Crippen molar-refractivity contribution in [3.8, 4) is 0 Å². The molecule has 0 saturated carbocycles. The number of carboxylic acids is 1. The third-order valence-corrected chi connectivity index (χ3v) is 5.02. The molecule has 118 valence electrons. The van der Waals surface area contributed by atoms with E-state index in [1.54, 1.807) is 0 Å². The number of likely N-dealkylation sites (tertiary alicyclic amines) is 1. The predicted octanol–water partition coefficient (Wildman–Crippen LogP) is 2.59. The molecule has 0 aromatic carbocycles. The Hall–Kier alpha value is -0.610. The van der Waals surface area contributed by atoms with Gasteiger partial charge in [0.25, 0.3) is 0 Å². The number of hydrogen-bond donors (Lipinski definition) is 2. The second kappa shape index (κ2) is 7.99. The molecule has 20 heavy (non-hydrogen) atoms. The molecular formula is C16H32N2O2. The number of carbonyl (C=O) groups is 1. The molecule has 3 unspecified atom stereocenters. The lowest BCUT2D eigenvalue weighted by Crippen LogP contribution is -2.52. The highest BCUT2D eigenvalue weighted by Crippen LogP contribution is 2.24. The Morgan fingerprint density at radius 2 is 2.05 bits per heavy atom. The van der Waals surface area contributed by atoms with Crippen LogP contribution in [-0.4, -0.2) is 47.7 Å². The van der Waals surface area contributed by atoms with Gasteiger partial charge in [-0.1, -0.05) is 27.7 Å². The van der Waals surface area contributed by atoms with Crippen LogP contribution in [0, 0.1) is 11.8 Å². The van der Waals surface area contributed by atoms with Gasteiger partial charge < -0.3 is 15.3 Å². The Bertz CT molecular complexity index is 309. The largest absolute Gasteiger partial charge is 0.480 e. The van der Waals surface area contributed by atoms with E-state index in [9.17, 15) is 9.90 Å². The van der Waals surface area contributed by atoms with Gasteiger partial charge in [0.15, 0.2) is 0 Å². The van der Waals surface area contributed by atoms with Crippen LogP contribution in [0.2, 0.25) is 0 Å². The molecule has 1 saturated heterocycles. The van der Waals surface area contributed by atoms with Crippen LogP contribution in [-0.2, 0) is 4.79 Å². The van der Waals surface area contributed by atoms with Gasteiger partial charge >= 0.3 is 5.97 Å². The number of piperidine rings is 1. The average molecular weight is 284 g/mol. The SMILES string of the molecule is CCNC(CC)(CCCN1CCC(C)C(C)C1)C(=O)O. The number of aliphatic carboxylic acids is 1. The van der Waals surface area contributed by atoms with Crippen LogP contribution in [0.25, 0.3) is 0 Å². The number of carboxylic acid groups (broad SMARTS) is 1. The molecule has 1 aliphatic rings. The van der Waals surface area contributed by atoms with Crippen molar-refractivity contribution in [3.63, 3.8) is 0 Å². The second-order valence-corrected chi connectivity index (χ2v) is 6.42. The number of nitrogens with one attached hydrogen (secondary N) is 1. The van der Waals surface area contributed by atoms with E-state index in [4.69, 9.17) is 0 Å². The van der Waals surface area contributed by atoms with Gasteiger partial charge in [-0.25, -0.2) is 0 Å². The lowest BCUT2D eigenvalue weighted by molar-refractivity contribution is -0.145. The standard InChI is InChI=1S/C16H32N2O2/c1-5-16(15(19)20,17-6-2)9-7-10-18-11-8-13(3)14(4)12-18/h13-14,17H,5-12H2,1-4H3,(H,19,20). The van der Waals surface area contributed by atoms with Crippen LogP contribution >= 0.6 is 0 Å². The van der Waals surface area contributed by atoms with Crippen molar-refractivity contribution in [2.24, 2.45) is 11.8 Å². The molecule has 4 nitrogen and oxygen atoms in total. The Labute approximate surface area is 123 Å².